The molecule has 1 atom stereocenters. The van der Waals surface area contributed by atoms with Gasteiger partial charge >= 0.3 is 0 Å². The van der Waals surface area contributed by atoms with Gasteiger partial charge in [-0.15, -0.1) is 22.9 Å². The van der Waals surface area contributed by atoms with Crippen LogP contribution in [0.3, 0.4) is 0 Å². The first-order valence-corrected chi connectivity index (χ1v) is 5.95. The van der Waals surface area contributed by atoms with E-state index in [0.29, 0.717) is 11.9 Å². The highest BCUT2D eigenvalue weighted by atomic mass is 79.9. The van der Waals surface area contributed by atoms with Gasteiger partial charge in [-0.1, -0.05) is 0 Å². The lowest BCUT2D eigenvalue weighted by atomic mass is 10.2. The first kappa shape index (κ1) is 10.5. The fraction of sp³-hybridized carbons (Fsp3) is 0.500. The Bertz CT molecular complexity index is 239. The first-order chi connectivity index (χ1) is 5.77. The van der Waals surface area contributed by atoms with Gasteiger partial charge in [-0.2, -0.15) is 0 Å². The molecule has 0 aliphatic heterocycles. The number of hydrogen-bond acceptors (Lipinski definition) is 2. The highest BCUT2D eigenvalue weighted by Gasteiger charge is 2.09. The molecule has 0 aliphatic carbocycles. The van der Waals surface area contributed by atoms with Crippen molar-refractivity contribution in [3.63, 3.8) is 0 Å². The van der Waals surface area contributed by atoms with Gasteiger partial charge in [0.15, 0.2) is 0 Å². The minimum absolute atomic E-state index is 0.402. The van der Waals surface area contributed by atoms with Gasteiger partial charge in [0.1, 0.15) is 0 Å². The van der Waals surface area contributed by atoms with Gasteiger partial charge < -0.3 is 5.32 Å². The Morgan fingerprint density at radius 3 is 2.92 bits per heavy atom. The van der Waals surface area contributed by atoms with Crippen molar-refractivity contribution in [1.29, 1.82) is 0 Å². The van der Waals surface area contributed by atoms with E-state index in [-0.39, 0.29) is 0 Å². The van der Waals surface area contributed by atoms with Crippen molar-refractivity contribution in [3.8, 4) is 0 Å². The molecule has 12 heavy (non-hydrogen) atoms. The van der Waals surface area contributed by atoms with Crippen LogP contribution in [0.1, 0.15) is 17.3 Å². The number of alkyl halides is 1. The molecule has 0 aliphatic rings. The Balaban J connectivity index is 2.66. The Labute approximate surface area is 90.3 Å². The van der Waals surface area contributed by atoms with Crippen molar-refractivity contribution in [3.05, 3.63) is 20.8 Å². The van der Waals surface area contributed by atoms with Gasteiger partial charge in [-0.3, -0.25) is 0 Å². The van der Waals surface area contributed by atoms with Crippen LogP contribution in [-0.2, 0) is 0 Å². The fourth-order valence-corrected chi connectivity index (χ4v) is 2.86. The van der Waals surface area contributed by atoms with Crippen LogP contribution in [0.15, 0.2) is 15.9 Å². The summed E-state index contributed by atoms with van der Waals surface area (Å²) in [6.45, 7) is 0. The molecule has 1 nitrogen and oxygen atoms in total. The molecule has 1 rings (SSSR count). The van der Waals surface area contributed by atoms with Crippen LogP contribution in [-0.4, -0.2) is 12.9 Å². The summed E-state index contributed by atoms with van der Waals surface area (Å²) in [4.78, 5) is 1.34. The predicted octanol–water partition coefficient (Wildman–Crippen LogP) is 3.40. The van der Waals surface area contributed by atoms with E-state index in [1.54, 1.807) is 11.3 Å². The summed E-state index contributed by atoms with van der Waals surface area (Å²) >= 11 is 10.9. The molecule has 0 radical (unpaired) electrons. The number of thiophene rings is 1. The average Bonchev–Trinajstić information content (AvgIpc) is 2.47. The number of rotatable bonds is 4. The lowest BCUT2D eigenvalue weighted by Gasteiger charge is -2.11. The third-order valence-corrected chi connectivity index (χ3v) is 3.70. The van der Waals surface area contributed by atoms with Gasteiger partial charge in [0.2, 0.25) is 0 Å². The summed E-state index contributed by atoms with van der Waals surface area (Å²) in [5.74, 6) is 0.695. The molecular weight excluding hydrogens is 258 g/mol. The van der Waals surface area contributed by atoms with Crippen molar-refractivity contribution in [2.45, 2.75) is 12.5 Å². The zero-order chi connectivity index (χ0) is 8.97. The predicted molar refractivity (Wildman–Crippen MR) is 59.2 cm³/mol. The molecule has 1 aromatic heterocycles. The molecule has 0 saturated heterocycles. The molecular formula is C8H11BrClNS. The smallest absolute Gasteiger partial charge is 0.0424 e. The molecule has 0 aromatic carbocycles. The first-order valence-electron chi connectivity index (χ1n) is 3.75. The summed E-state index contributed by atoms with van der Waals surface area (Å²) in [5.41, 5.74) is 0. The van der Waals surface area contributed by atoms with Crippen molar-refractivity contribution in [2.24, 2.45) is 0 Å². The molecule has 68 valence electrons. The van der Waals surface area contributed by atoms with E-state index >= 15 is 0 Å². The molecule has 1 unspecified atom stereocenters. The monoisotopic (exact) mass is 267 g/mol. The molecule has 1 N–H and O–H groups in total. The van der Waals surface area contributed by atoms with Crippen LogP contribution in [0.4, 0.5) is 0 Å². The topological polar surface area (TPSA) is 12.0 Å². The second-order valence-corrected chi connectivity index (χ2v) is 4.72. The van der Waals surface area contributed by atoms with Crippen molar-refractivity contribution in [1.82, 2.24) is 5.32 Å². The highest BCUT2D eigenvalue weighted by molar-refractivity contribution is 9.10. The third kappa shape index (κ3) is 2.73. The normalized spacial score (nSPS) is 13.2. The van der Waals surface area contributed by atoms with E-state index in [2.05, 4.69) is 32.7 Å². The van der Waals surface area contributed by atoms with Gasteiger partial charge in [0.05, 0.1) is 0 Å². The van der Waals surface area contributed by atoms with Gasteiger partial charge in [0, 0.05) is 26.7 Å². The Morgan fingerprint density at radius 2 is 2.50 bits per heavy atom. The maximum Gasteiger partial charge on any atom is 0.0424 e. The highest BCUT2D eigenvalue weighted by Crippen LogP contribution is 2.27. The fourth-order valence-electron chi connectivity index (χ4n) is 1.05. The van der Waals surface area contributed by atoms with E-state index < -0.39 is 0 Å². The van der Waals surface area contributed by atoms with Crippen LogP contribution >= 0.6 is 38.9 Å². The van der Waals surface area contributed by atoms with Crippen LogP contribution in [0.5, 0.6) is 0 Å². The second-order valence-electron chi connectivity index (χ2n) is 2.49. The van der Waals surface area contributed by atoms with E-state index in [0.717, 1.165) is 10.9 Å². The van der Waals surface area contributed by atoms with E-state index in [1.807, 2.05) is 7.05 Å². The second kappa shape index (κ2) is 5.22. The van der Waals surface area contributed by atoms with Crippen molar-refractivity contribution >= 4 is 38.9 Å². The van der Waals surface area contributed by atoms with Gasteiger partial charge in [-0.05, 0) is 35.5 Å². The summed E-state index contributed by atoms with van der Waals surface area (Å²) < 4.78 is 1.15. The largest absolute Gasteiger partial charge is 0.312 e. The quantitative estimate of drug-likeness (QED) is 0.825. The van der Waals surface area contributed by atoms with Crippen LogP contribution in [0, 0.1) is 0 Å². The Morgan fingerprint density at radius 1 is 1.75 bits per heavy atom. The van der Waals surface area contributed by atoms with Crippen molar-refractivity contribution in [2.75, 3.05) is 12.9 Å². The SMILES string of the molecule is CNC(CCCl)c1cc(Br)cs1. The standard InChI is InChI=1S/C8H11BrClNS/c1-11-7(2-3-10)8-4-6(9)5-12-8/h4-5,7,11H,2-3H2,1H3. The summed E-state index contributed by atoms with van der Waals surface area (Å²) in [7, 11) is 1.96. The van der Waals surface area contributed by atoms with E-state index in [1.165, 1.54) is 4.88 Å². The van der Waals surface area contributed by atoms with E-state index in [4.69, 9.17) is 11.6 Å². The number of hydrogen-bond donors (Lipinski definition) is 1. The van der Waals surface area contributed by atoms with Crippen molar-refractivity contribution < 1.29 is 0 Å². The van der Waals surface area contributed by atoms with E-state index in [9.17, 15) is 0 Å². The zero-order valence-corrected chi connectivity index (χ0v) is 9.97. The molecule has 0 bridgehead atoms. The summed E-state index contributed by atoms with van der Waals surface area (Å²) in [6, 6.07) is 2.54. The lowest BCUT2D eigenvalue weighted by Crippen LogP contribution is -2.15. The van der Waals surface area contributed by atoms with Crippen LogP contribution < -0.4 is 5.32 Å². The van der Waals surface area contributed by atoms with Crippen LogP contribution in [0.2, 0.25) is 0 Å². The molecule has 0 spiro atoms. The molecule has 0 saturated carbocycles. The molecule has 0 amide bonds. The Hall–Kier alpha value is 0.430. The minimum Gasteiger partial charge on any atom is -0.312 e. The summed E-state index contributed by atoms with van der Waals surface area (Å²) in [6.07, 6.45) is 0.977. The van der Waals surface area contributed by atoms with Gasteiger partial charge in [0.25, 0.3) is 0 Å². The average molecular weight is 269 g/mol. The third-order valence-electron chi connectivity index (χ3n) is 1.68. The zero-order valence-electron chi connectivity index (χ0n) is 6.81. The molecule has 4 heteroatoms. The number of halogens is 2. The van der Waals surface area contributed by atoms with Gasteiger partial charge in [-0.25, -0.2) is 0 Å². The lowest BCUT2D eigenvalue weighted by molar-refractivity contribution is 0.589. The number of nitrogens with one attached hydrogen (secondary N) is 1. The molecule has 1 heterocycles. The maximum atomic E-state index is 5.68. The maximum absolute atomic E-state index is 5.68. The molecule has 1 aromatic rings. The summed E-state index contributed by atoms with van der Waals surface area (Å²) in [5, 5.41) is 5.33. The molecule has 0 fully saturated rings. The Kier molecular flexibility index (Phi) is 4.57. The minimum atomic E-state index is 0.402. The van der Waals surface area contributed by atoms with Crippen LogP contribution in [0.25, 0.3) is 0 Å².